The molecule has 0 aliphatic carbocycles. The Hall–Kier alpha value is -2.89. The van der Waals surface area contributed by atoms with Crippen LogP contribution < -0.4 is 10.6 Å². The number of benzene rings is 1. The van der Waals surface area contributed by atoms with Gasteiger partial charge in [-0.1, -0.05) is 12.2 Å². The lowest BCUT2D eigenvalue weighted by atomic mass is 10.2. The first-order chi connectivity index (χ1) is 10.5. The van der Waals surface area contributed by atoms with Crippen molar-refractivity contribution >= 4 is 29.1 Å². The van der Waals surface area contributed by atoms with Crippen molar-refractivity contribution in [2.24, 2.45) is 0 Å². The van der Waals surface area contributed by atoms with Crippen molar-refractivity contribution in [2.75, 3.05) is 23.7 Å². The first kappa shape index (κ1) is 17.2. The van der Waals surface area contributed by atoms with E-state index in [-0.39, 0.29) is 19.0 Å². The standard InChI is InChI=1S/C16H19N3O3/c1-4-10-19(11-5-2)16(22)15(21)18-14-8-6-13(7-9-14)17-12(3)20/h4-9H,1-2,10-11H2,3H3,(H,17,20)(H,18,21). The number of nitrogens with one attached hydrogen (secondary N) is 2. The van der Waals surface area contributed by atoms with Crippen molar-refractivity contribution in [3.8, 4) is 0 Å². The highest BCUT2D eigenvalue weighted by Crippen LogP contribution is 2.13. The molecular formula is C16H19N3O3. The van der Waals surface area contributed by atoms with Gasteiger partial charge in [-0.05, 0) is 24.3 Å². The largest absolute Gasteiger partial charge is 0.327 e. The number of hydrogen-bond donors (Lipinski definition) is 2. The number of nitrogens with zero attached hydrogens (tertiary/aromatic N) is 1. The molecule has 0 saturated heterocycles. The molecule has 0 spiro atoms. The Labute approximate surface area is 129 Å². The van der Waals surface area contributed by atoms with E-state index in [1.54, 1.807) is 24.3 Å². The Balaban J connectivity index is 2.70. The highest BCUT2D eigenvalue weighted by molar-refractivity contribution is 6.39. The number of amides is 3. The van der Waals surface area contributed by atoms with Gasteiger partial charge in [-0.15, -0.1) is 13.2 Å². The van der Waals surface area contributed by atoms with Crippen LogP contribution in [0.4, 0.5) is 11.4 Å². The average molecular weight is 301 g/mol. The molecule has 0 saturated carbocycles. The van der Waals surface area contributed by atoms with Gasteiger partial charge in [0.1, 0.15) is 0 Å². The molecule has 1 aromatic carbocycles. The van der Waals surface area contributed by atoms with E-state index in [2.05, 4.69) is 23.8 Å². The molecule has 0 aliphatic heterocycles. The van der Waals surface area contributed by atoms with Crippen LogP contribution in [0.5, 0.6) is 0 Å². The summed E-state index contributed by atoms with van der Waals surface area (Å²) in [6.07, 6.45) is 3.08. The second kappa shape index (κ2) is 8.41. The third-order valence-electron chi connectivity index (χ3n) is 2.64. The highest BCUT2D eigenvalue weighted by Gasteiger charge is 2.19. The zero-order chi connectivity index (χ0) is 16.5. The fourth-order valence-corrected chi connectivity index (χ4v) is 1.72. The maximum atomic E-state index is 12.0. The van der Waals surface area contributed by atoms with Gasteiger partial charge in [0, 0.05) is 31.4 Å². The molecule has 0 atom stereocenters. The first-order valence-corrected chi connectivity index (χ1v) is 6.67. The molecule has 2 N–H and O–H groups in total. The van der Waals surface area contributed by atoms with Crippen LogP contribution in [-0.4, -0.2) is 35.7 Å². The van der Waals surface area contributed by atoms with Crippen LogP contribution in [-0.2, 0) is 14.4 Å². The molecule has 1 aromatic rings. The van der Waals surface area contributed by atoms with Crippen molar-refractivity contribution in [1.29, 1.82) is 0 Å². The van der Waals surface area contributed by atoms with Crippen molar-refractivity contribution in [2.45, 2.75) is 6.92 Å². The van der Waals surface area contributed by atoms with Crippen molar-refractivity contribution < 1.29 is 14.4 Å². The van der Waals surface area contributed by atoms with Crippen LogP contribution in [0.15, 0.2) is 49.6 Å². The summed E-state index contributed by atoms with van der Waals surface area (Å²) in [6.45, 7) is 9.03. The summed E-state index contributed by atoms with van der Waals surface area (Å²) >= 11 is 0. The minimum atomic E-state index is -0.740. The highest BCUT2D eigenvalue weighted by atomic mass is 16.2. The molecule has 22 heavy (non-hydrogen) atoms. The summed E-state index contributed by atoms with van der Waals surface area (Å²) in [5, 5.41) is 5.12. The fraction of sp³-hybridized carbons (Fsp3) is 0.188. The number of carbonyl (C=O) groups is 3. The minimum Gasteiger partial charge on any atom is -0.327 e. The molecule has 0 radical (unpaired) electrons. The Morgan fingerprint density at radius 2 is 1.45 bits per heavy atom. The monoisotopic (exact) mass is 301 g/mol. The molecular weight excluding hydrogens is 282 g/mol. The van der Waals surface area contributed by atoms with Gasteiger partial charge < -0.3 is 15.5 Å². The predicted molar refractivity (Wildman–Crippen MR) is 86.3 cm³/mol. The van der Waals surface area contributed by atoms with Crippen molar-refractivity contribution in [3.63, 3.8) is 0 Å². The van der Waals surface area contributed by atoms with E-state index in [1.807, 2.05) is 0 Å². The minimum absolute atomic E-state index is 0.184. The van der Waals surface area contributed by atoms with E-state index < -0.39 is 11.8 Å². The third-order valence-corrected chi connectivity index (χ3v) is 2.64. The third kappa shape index (κ3) is 5.24. The maximum Gasteiger partial charge on any atom is 0.313 e. The van der Waals surface area contributed by atoms with Crippen LogP contribution in [0.1, 0.15) is 6.92 Å². The zero-order valence-corrected chi connectivity index (χ0v) is 12.5. The van der Waals surface area contributed by atoms with E-state index in [4.69, 9.17) is 0 Å². The number of anilines is 2. The molecule has 0 unspecified atom stereocenters. The molecule has 0 bridgehead atoms. The Kier molecular flexibility index (Phi) is 6.56. The van der Waals surface area contributed by atoms with Gasteiger partial charge in [0.2, 0.25) is 5.91 Å². The Morgan fingerprint density at radius 1 is 1.00 bits per heavy atom. The van der Waals surface area contributed by atoms with Crippen LogP contribution >= 0.6 is 0 Å². The summed E-state index contributed by atoms with van der Waals surface area (Å²) in [4.78, 5) is 36.2. The SMILES string of the molecule is C=CCN(CC=C)C(=O)C(=O)Nc1ccc(NC(C)=O)cc1. The van der Waals surface area contributed by atoms with Crippen LogP contribution in [0.25, 0.3) is 0 Å². The summed E-state index contributed by atoms with van der Waals surface area (Å²) in [6, 6.07) is 6.46. The second-order valence-corrected chi connectivity index (χ2v) is 4.50. The Bertz CT molecular complexity index is 569. The summed E-state index contributed by atoms with van der Waals surface area (Å²) in [5.41, 5.74) is 1.07. The van der Waals surface area contributed by atoms with Gasteiger partial charge in [0.05, 0.1) is 0 Å². The van der Waals surface area contributed by atoms with Crippen molar-refractivity contribution in [1.82, 2.24) is 4.90 Å². The van der Waals surface area contributed by atoms with Gasteiger partial charge in [-0.2, -0.15) is 0 Å². The molecule has 0 aliphatic rings. The number of carbonyl (C=O) groups excluding carboxylic acids is 3. The normalized spacial score (nSPS) is 9.50. The van der Waals surface area contributed by atoms with E-state index in [0.29, 0.717) is 11.4 Å². The summed E-state index contributed by atoms with van der Waals surface area (Å²) < 4.78 is 0. The molecule has 6 heteroatoms. The summed E-state index contributed by atoms with van der Waals surface area (Å²) in [5.74, 6) is -1.59. The van der Waals surface area contributed by atoms with Gasteiger partial charge >= 0.3 is 11.8 Å². The predicted octanol–water partition coefficient (Wildman–Crippen LogP) is 1.78. The van der Waals surface area contributed by atoms with Crippen molar-refractivity contribution in [3.05, 3.63) is 49.6 Å². The molecule has 0 heterocycles. The fourth-order valence-electron chi connectivity index (χ4n) is 1.72. The van der Waals surface area contributed by atoms with Gasteiger partial charge in [0.15, 0.2) is 0 Å². The molecule has 6 nitrogen and oxygen atoms in total. The lowest BCUT2D eigenvalue weighted by Crippen LogP contribution is -2.39. The molecule has 3 amide bonds. The average Bonchev–Trinajstić information content (AvgIpc) is 2.47. The molecule has 1 rings (SSSR count). The van der Waals surface area contributed by atoms with Crippen LogP contribution in [0, 0.1) is 0 Å². The van der Waals surface area contributed by atoms with Gasteiger partial charge in [-0.25, -0.2) is 0 Å². The smallest absolute Gasteiger partial charge is 0.313 e. The van der Waals surface area contributed by atoms with E-state index in [1.165, 1.54) is 24.0 Å². The molecule has 116 valence electrons. The number of rotatable bonds is 6. The van der Waals surface area contributed by atoms with E-state index in [9.17, 15) is 14.4 Å². The Morgan fingerprint density at radius 3 is 1.86 bits per heavy atom. The van der Waals surface area contributed by atoms with Crippen LogP contribution in [0.2, 0.25) is 0 Å². The quantitative estimate of drug-likeness (QED) is 0.621. The molecule has 0 aromatic heterocycles. The lowest BCUT2D eigenvalue weighted by molar-refractivity contribution is -0.142. The first-order valence-electron chi connectivity index (χ1n) is 6.67. The lowest BCUT2D eigenvalue weighted by Gasteiger charge is -2.18. The van der Waals surface area contributed by atoms with Crippen LogP contribution in [0.3, 0.4) is 0 Å². The maximum absolute atomic E-state index is 12.0. The summed E-state index contributed by atoms with van der Waals surface area (Å²) in [7, 11) is 0. The second-order valence-electron chi connectivity index (χ2n) is 4.50. The van der Waals surface area contributed by atoms with Gasteiger partial charge in [-0.3, -0.25) is 14.4 Å². The topological polar surface area (TPSA) is 78.5 Å². The van der Waals surface area contributed by atoms with E-state index >= 15 is 0 Å². The van der Waals surface area contributed by atoms with Gasteiger partial charge in [0.25, 0.3) is 0 Å². The van der Waals surface area contributed by atoms with E-state index in [0.717, 1.165) is 0 Å². The molecule has 0 fully saturated rings. The zero-order valence-electron chi connectivity index (χ0n) is 12.5. The number of hydrogen-bond acceptors (Lipinski definition) is 3.